The maximum absolute atomic E-state index is 14.4. The highest BCUT2D eigenvalue weighted by molar-refractivity contribution is 6.31. The molecule has 24 heavy (non-hydrogen) atoms. The number of nitrogens with one attached hydrogen (secondary N) is 1. The van der Waals surface area contributed by atoms with Crippen molar-refractivity contribution in [1.29, 1.82) is 0 Å². The van der Waals surface area contributed by atoms with E-state index in [1.54, 1.807) is 11.1 Å². The average molecular weight is 349 g/mol. The van der Waals surface area contributed by atoms with E-state index in [0.717, 1.165) is 24.5 Å². The number of H-pyrrole nitrogens is 1. The lowest BCUT2D eigenvalue weighted by Crippen LogP contribution is -2.28. The predicted octanol–water partition coefficient (Wildman–Crippen LogP) is 3.33. The van der Waals surface area contributed by atoms with Gasteiger partial charge in [-0.2, -0.15) is 4.98 Å². The van der Waals surface area contributed by atoms with Crippen LogP contribution in [0.15, 0.2) is 29.3 Å². The molecule has 0 radical (unpaired) electrons. The lowest BCUT2D eigenvalue weighted by Gasteiger charge is -2.31. The van der Waals surface area contributed by atoms with Gasteiger partial charge in [0.05, 0.1) is 27.8 Å². The Labute approximate surface area is 139 Å². The summed E-state index contributed by atoms with van der Waals surface area (Å²) in [6.45, 7) is 0.497. The van der Waals surface area contributed by atoms with Crippen LogP contribution in [0, 0.1) is 11.6 Å². The van der Waals surface area contributed by atoms with Crippen molar-refractivity contribution in [2.45, 2.75) is 12.8 Å². The summed E-state index contributed by atoms with van der Waals surface area (Å²) < 4.78 is 28.1. The summed E-state index contributed by atoms with van der Waals surface area (Å²) in [4.78, 5) is 23.9. The highest BCUT2D eigenvalue weighted by atomic mass is 35.5. The monoisotopic (exact) mass is 348 g/mol. The van der Waals surface area contributed by atoms with E-state index in [4.69, 9.17) is 11.6 Å². The van der Waals surface area contributed by atoms with Crippen LogP contribution in [0.4, 0.5) is 20.3 Å². The van der Waals surface area contributed by atoms with Crippen LogP contribution in [0.2, 0.25) is 5.02 Å². The molecular formula is C16H11ClF2N4O. The molecule has 0 spiro atoms. The van der Waals surface area contributed by atoms with Gasteiger partial charge < -0.3 is 9.88 Å². The van der Waals surface area contributed by atoms with Crippen molar-refractivity contribution in [1.82, 2.24) is 15.0 Å². The SMILES string of the molecule is O=c1nc(N2CCCc3c(Cl)cncc32)c2c(F)c(F)ccc2[nH]1. The van der Waals surface area contributed by atoms with E-state index < -0.39 is 17.3 Å². The van der Waals surface area contributed by atoms with E-state index in [2.05, 4.69) is 15.0 Å². The summed E-state index contributed by atoms with van der Waals surface area (Å²) >= 11 is 6.19. The first-order chi connectivity index (χ1) is 11.6. The Balaban J connectivity index is 2.04. The topological polar surface area (TPSA) is 61.9 Å². The molecular weight excluding hydrogens is 338 g/mol. The van der Waals surface area contributed by atoms with E-state index in [-0.39, 0.29) is 16.7 Å². The third-order valence-electron chi connectivity index (χ3n) is 4.10. The van der Waals surface area contributed by atoms with Crippen LogP contribution in [-0.2, 0) is 6.42 Å². The van der Waals surface area contributed by atoms with Crippen LogP contribution in [-0.4, -0.2) is 21.5 Å². The number of pyridine rings is 1. The number of fused-ring (bicyclic) bond motifs is 2. The molecule has 122 valence electrons. The smallest absolute Gasteiger partial charge is 0.324 e. The van der Waals surface area contributed by atoms with Crippen LogP contribution in [0.25, 0.3) is 10.9 Å². The number of aromatic nitrogens is 3. The summed E-state index contributed by atoms with van der Waals surface area (Å²) in [6.07, 6.45) is 4.61. The molecule has 2 aromatic heterocycles. The molecule has 0 unspecified atom stereocenters. The van der Waals surface area contributed by atoms with Crippen molar-refractivity contribution >= 4 is 34.0 Å². The summed E-state index contributed by atoms with van der Waals surface area (Å²) in [6, 6.07) is 2.29. The quantitative estimate of drug-likeness (QED) is 0.732. The fourth-order valence-electron chi connectivity index (χ4n) is 3.05. The van der Waals surface area contributed by atoms with Gasteiger partial charge in [-0.15, -0.1) is 0 Å². The maximum atomic E-state index is 14.4. The number of hydrogen-bond acceptors (Lipinski definition) is 4. The molecule has 0 fully saturated rings. The second kappa shape index (κ2) is 5.52. The maximum Gasteiger partial charge on any atom is 0.347 e. The van der Waals surface area contributed by atoms with Crippen LogP contribution in [0.3, 0.4) is 0 Å². The third kappa shape index (κ3) is 2.24. The van der Waals surface area contributed by atoms with E-state index in [9.17, 15) is 13.6 Å². The van der Waals surface area contributed by atoms with Crippen LogP contribution < -0.4 is 10.6 Å². The Hall–Kier alpha value is -2.54. The average Bonchev–Trinajstić information content (AvgIpc) is 2.57. The number of benzene rings is 1. The second-order valence-electron chi connectivity index (χ2n) is 5.52. The number of anilines is 2. The van der Waals surface area contributed by atoms with Crippen molar-refractivity contribution in [2.24, 2.45) is 0 Å². The zero-order chi connectivity index (χ0) is 16.8. The van der Waals surface area contributed by atoms with E-state index in [0.29, 0.717) is 17.3 Å². The van der Waals surface area contributed by atoms with Gasteiger partial charge in [0, 0.05) is 12.7 Å². The largest absolute Gasteiger partial charge is 0.347 e. The van der Waals surface area contributed by atoms with Gasteiger partial charge in [-0.05, 0) is 30.5 Å². The Morgan fingerprint density at radius 3 is 2.92 bits per heavy atom. The van der Waals surface area contributed by atoms with Crippen LogP contribution in [0.5, 0.6) is 0 Å². The molecule has 5 nitrogen and oxygen atoms in total. The van der Waals surface area contributed by atoms with Gasteiger partial charge in [0.25, 0.3) is 0 Å². The number of aromatic amines is 1. The molecule has 3 aromatic rings. The van der Waals surface area contributed by atoms with Gasteiger partial charge in [0.15, 0.2) is 17.5 Å². The molecule has 1 N–H and O–H groups in total. The normalized spacial score (nSPS) is 14.0. The highest BCUT2D eigenvalue weighted by Crippen LogP contribution is 2.38. The van der Waals surface area contributed by atoms with Gasteiger partial charge in [0.1, 0.15) is 0 Å². The van der Waals surface area contributed by atoms with Crippen molar-refractivity contribution in [3.05, 3.63) is 57.2 Å². The third-order valence-corrected chi connectivity index (χ3v) is 4.43. The summed E-state index contributed by atoms with van der Waals surface area (Å²) in [5.74, 6) is -1.98. The molecule has 0 amide bonds. The summed E-state index contributed by atoms with van der Waals surface area (Å²) in [5.41, 5.74) is 1.05. The Kier molecular flexibility index (Phi) is 3.45. The molecule has 1 aliphatic rings. The minimum absolute atomic E-state index is 0.0655. The van der Waals surface area contributed by atoms with E-state index in [1.807, 2.05) is 0 Å². The molecule has 0 saturated heterocycles. The van der Waals surface area contributed by atoms with Gasteiger partial charge in [-0.25, -0.2) is 13.6 Å². The molecule has 4 rings (SSSR count). The Bertz CT molecular complexity index is 1020. The predicted molar refractivity (Wildman–Crippen MR) is 86.9 cm³/mol. The molecule has 1 aliphatic heterocycles. The lowest BCUT2D eigenvalue weighted by atomic mass is 10.0. The summed E-state index contributed by atoms with van der Waals surface area (Å²) in [7, 11) is 0. The van der Waals surface area contributed by atoms with Gasteiger partial charge >= 0.3 is 5.69 Å². The molecule has 0 aliphatic carbocycles. The molecule has 0 bridgehead atoms. The first-order valence-electron chi connectivity index (χ1n) is 7.34. The fourth-order valence-corrected chi connectivity index (χ4v) is 3.30. The fraction of sp³-hybridized carbons (Fsp3) is 0.188. The number of halogens is 3. The van der Waals surface area contributed by atoms with Gasteiger partial charge in [-0.1, -0.05) is 11.6 Å². The summed E-state index contributed by atoms with van der Waals surface area (Å²) in [5, 5.41) is 0.431. The van der Waals surface area contributed by atoms with Crippen molar-refractivity contribution in [3.63, 3.8) is 0 Å². The zero-order valence-corrected chi connectivity index (χ0v) is 13.1. The van der Waals surface area contributed by atoms with Crippen molar-refractivity contribution < 1.29 is 8.78 Å². The van der Waals surface area contributed by atoms with E-state index in [1.165, 1.54) is 12.3 Å². The first kappa shape index (κ1) is 15.0. The molecule has 0 atom stereocenters. The number of nitrogens with zero attached hydrogens (tertiary/aromatic N) is 3. The van der Waals surface area contributed by atoms with E-state index >= 15 is 0 Å². The lowest BCUT2D eigenvalue weighted by molar-refractivity contribution is 0.516. The zero-order valence-electron chi connectivity index (χ0n) is 12.3. The molecule has 8 heteroatoms. The number of hydrogen-bond donors (Lipinski definition) is 1. The van der Waals surface area contributed by atoms with Gasteiger partial charge in [-0.3, -0.25) is 4.98 Å². The van der Waals surface area contributed by atoms with Crippen molar-refractivity contribution in [2.75, 3.05) is 11.4 Å². The molecule has 0 saturated carbocycles. The van der Waals surface area contributed by atoms with Crippen LogP contribution in [0.1, 0.15) is 12.0 Å². The second-order valence-corrected chi connectivity index (χ2v) is 5.93. The first-order valence-corrected chi connectivity index (χ1v) is 7.72. The van der Waals surface area contributed by atoms with Crippen molar-refractivity contribution in [3.8, 4) is 0 Å². The standard InChI is InChI=1S/C16H11ClF2N4O/c17-9-6-20-7-12-8(9)2-1-5-23(12)15-13-11(21-16(24)22-15)4-3-10(18)14(13)19/h3-4,6-7H,1-2,5H2,(H,21,22,24). The highest BCUT2D eigenvalue weighted by Gasteiger charge is 2.25. The Morgan fingerprint density at radius 2 is 2.08 bits per heavy atom. The molecule has 3 heterocycles. The minimum Gasteiger partial charge on any atom is -0.324 e. The molecule has 1 aromatic carbocycles. The van der Waals surface area contributed by atoms with Crippen LogP contribution >= 0.6 is 11.6 Å². The Morgan fingerprint density at radius 1 is 1.25 bits per heavy atom. The van der Waals surface area contributed by atoms with Gasteiger partial charge in [0.2, 0.25) is 0 Å². The minimum atomic E-state index is -1.05. The number of rotatable bonds is 1.